The number of benzene rings is 1. The van der Waals surface area contributed by atoms with Crippen molar-refractivity contribution in [3.8, 4) is 5.75 Å². The summed E-state index contributed by atoms with van der Waals surface area (Å²) in [6, 6.07) is 7.53. The van der Waals surface area contributed by atoms with Crippen LogP contribution < -0.4 is 0 Å². The van der Waals surface area contributed by atoms with Crippen LogP contribution in [0.1, 0.15) is 52.0 Å². The van der Waals surface area contributed by atoms with Crippen LogP contribution in [0.15, 0.2) is 24.3 Å². The van der Waals surface area contributed by atoms with E-state index in [2.05, 4.69) is 20.8 Å². The lowest BCUT2D eigenvalue weighted by molar-refractivity contribution is 0.467. The van der Waals surface area contributed by atoms with Gasteiger partial charge in [-0.2, -0.15) is 0 Å². The van der Waals surface area contributed by atoms with Gasteiger partial charge in [0, 0.05) is 0 Å². The Balaban J connectivity index is 0.000000423. The van der Waals surface area contributed by atoms with Crippen LogP contribution in [0.4, 0.5) is 0 Å². The second kappa shape index (κ2) is 9.57. The summed E-state index contributed by atoms with van der Waals surface area (Å²) >= 11 is 0. The van der Waals surface area contributed by atoms with Gasteiger partial charge in [-0.3, -0.25) is 0 Å². The van der Waals surface area contributed by atoms with E-state index < -0.39 is 0 Å². The third-order valence-electron chi connectivity index (χ3n) is 2.29. The van der Waals surface area contributed by atoms with Gasteiger partial charge in [0.05, 0.1) is 0 Å². The molecule has 1 aromatic rings. The summed E-state index contributed by atoms with van der Waals surface area (Å²) in [5.41, 5.74) is 1.06. The first kappa shape index (κ1) is 14.0. The minimum atomic E-state index is 0.431. The Morgan fingerprint density at radius 2 is 1.53 bits per heavy atom. The fraction of sp³-hybridized carbons (Fsp3) is 0.571. The van der Waals surface area contributed by atoms with E-state index in [-0.39, 0.29) is 0 Å². The lowest BCUT2D eigenvalue weighted by Crippen LogP contribution is -1.83. The smallest absolute Gasteiger partial charge is 0.118 e. The number of unbranched alkanes of at least 4 members (excludes halogenated alkanes) is 2. The third-order valence-corrected chi connectivity index (χ3v) is 2.29. The Morgan fingerprint density at radius 1 is 0.933 bits per heavy atom. The molecule has 15 heavy (non-hydrogen) atoms. The highest BCUT2D eigenvalue weighted by Gasteiger charge is 1.96. The number of hydrogen-bond acceptors (Lipinski definition) is 1. The summed E-state index contributed by atoms with van der Waals surface area (Å²) in [6.07, 6.45) is 5.95. The largest absolute Gasteiger partial charge is 0.508 e. The molecule has 0 atom stereocenters. The maximum absolute atomic E-state index is 9.34. The number of phenols is 1. The number of aryl methyl sites for hydroxylation is 1. The van der Waals surface area contributed by atoms with Crippen molar-refractivity contribution in [2.45, 2.75) is 52.9 Å². The first-order valence-electron chi connectivity index (χ1n) is 6.03. The molecule has 0 aliphatic heterocycles. The molecule has 0 saturated carbocycles. The Hall–Kier alpha value is -0.980. The molecule has 0 unspecified atom stereocenters. The quantitative estimate of drug-likeness (QED) is 0.770. The minimum Gasteiger partial charge on any atom is -0.508 e. The number of hydrogen-bond donors (Lipinski definition) is 1. The number of aromatic hydroxyl groups is 1. The standard InChI is InChI=1S/C10H14O.C4H10/c1-2-3-6-9-7-4-5-8-10(9)11;1-3-4-2/h4-5,7-8,11H,2-3,6H2,1H3;3-4H2,1-2H3. The number of para-hydroxylation sites is 1. The summed E-state index contributed by atoms with van der Waals surface area (Å²) < 4.78 is 0. The van der Waals surface area contributed by atoms with Gasteiger partial charge in [-0.25, -0.2) is 0 Å². The predicted molar refractivity (Wildman–Crippen MR) is 67.3 cm³/mol. The minimum absolute atomic E-state index is 0.431. The average Bonchev–Trinajstić information content (AvgIpc) is 2.28. The third kappa shape index (κ3) is 7.01. The van der Waals surface area contributed by atoms with Crippen molar-refractivity contribution in [3.63, 3.8) is 0 Å². The van der Waals surface area contributed by atoms with Crippen LogP contribution in [0.5, 0.6) is 5.75 Å². The van der Waals surface area contributed by atoms with Crippen LogP contribution in [0, 0.1) is 0 Å². The molecule has 86 valence electrons. The molecule has 0 aliphatic rings. The fourth-order valence-electron chi connectivity index (χ4n) is 1.09. The van der Waals surface area contributed by atoms with Gasteiger partial charge in [-0.15, -0.1) is 0 Å². The molecule has 0 aromatic heterocycles. The highest BCUT2D eigenvalue weighted by molar-refractivity contribution is 5.31. The van der Waals surface area contributed by atoms with Gasteiger partial charge in [0.15, 0.2) is 0 Å². The summed E-state index contributed by atoms with van der Waals surface area (Å²) in [7, 11) is 0. The molecule has 0 spiro atoms. The monoisotopic (exact) mass is 208 g/mol. The molecular formula is C14H24O. The molecule has 1 heteroatoms. The molecule has 0 bridgehead atoms. The van der Waals surface area contributed by atoms with Gasteiger partial charge in [-0.05, 0) is 24.5 Å². The van der Waals surface area contributed by atoms with Gasteiger partial charge in [0.2, 0.25) is 0 Å². The van der Waals surface area contributed by atoms with E-state index in [9.17, 15) is 5.11 Å². The Bertz CT molecular complexity index is 241. The van der Waals surface area contributed by atoms with Crippen LogP contribution in [0.25, 0.3) is 0 Å². The first-order valence-corrected chi connectivity index (χ1v) is 6.03. The molecule has 0 fully saturated rings. The van der Waals surface area contributed by atoms with Gasteiger partial charge < -0.3 is 5.11 Å². The molecule has 0 heterocycles. The molecular weight excluding hydrogens is 184 g/mol. The van der Waals surface area contributed by atoms with Crippen molar-refractivity contribution in [2.24, 2.45) is 0 Å². The molecule has 0 aliphatic carbocycles. The van der Waals surface area contributed by atoms with Crippen LogP contribution in [-0.4, -0.2) is 5.11 Å². The summed E-state index contributed by atoms with van der Waals surface area (Å²) in [5, 5.41) is 9.34. The lowest BCUT2D eigenvalue weighted by Gasteiger charge is -2.01. The maximum Gasteiger partial charge on any atom is 0.118 e. The molecule has 1 aromatic carbocycles. The predicted octanol–water partition coefficient (Wildman–Crippen LogP) is 4.54. The van der Waals surface area contributed by atoms with Crippen molar-refractivity contribution < 1.29 is 5.11 Å². The van der Waals surface area contributed by atoms with E-state index in [1.807, 2.05) is 18.2 Å². The van der Waals surface area contributed by atoms with E-state index >= 15 is 0 Å². The van der Waals surface area contributed by atoms with E-state index in [0.29, 0.717) is 5.75 Å². The van der Waals surface area contributed by atoms with Gasteiger partial charge in [0.25, 0.3) is 0 Å². The zero-order chi connectivity index (χ0) is 11.5. The van der Waals surface area contributed by atoms with Crippen molar-refractivity contribution in [1.29, 1.82) is 0 Å². The van der Waals surface area contributed by atoms with Crippen LogP contribution in [0.3, 0.4) is 0 Å². The lowest BCUT2D eigenvalue weighted by atomic mass is 10.1. The number of rotatable bonds is 4. The SMILES string of the molecule is CCCC.CCCCc1ccccc1O. The second-order valence-corrected chi connectivity index (χ2v) is 3.73. The maximum atomic E-state index is 9.34. The highest BCUT2D eigenvalue weighted by atomic mass is 16.3. The topological polar surface area (TPSA) is 20.2 Å². The van der Waals surface area contributed by atoms with Crippen molar-refractivity contribution in [1.82, 2.24) is 0 Å². The second-order valence-electron chi connectivity index (χ2n) is 3.73. The Morgan fingerprint density at radius 3 is 2.00 bits per heavy atom. The molecule has 1 N–H and O–H groups in total. The fourth-order valence-corrected chi connectivity index (χ4v) is 1.09. The Labute approximate surface area is 94.2 Å². The first-order chi connectivity index (χ1) is 7.26. The average molecular weight is 208 g/mol. The van der Waals surface area contributed by atoms with Crippen LogP contribution in [-0.2, 0) is 6.42 Å². The van der Waals surface area contributed by atoms with E-state index in [1.165, 1.54) is 19.3 Å². The molecule has 0 saturated heterocycles. The molecule has 0 radical (unpaired) electrons. The Kier molecular flexibility index (Phi) is 8.95. The highest BCUT2D eigenvalue weighted by Crippen LogP contribution is 2.17. The van der Waals surface area contributed by atoms with Crippen molar-refractivity contribution in [2.75, 3.05) is 0 Å². The van der Waals surface area contributed by atoms with E-state index in [1.54, 1.807) is 6.07 Å². The van der Waals surface area contributed by atoms with E-state index in [4.69, 9.17) is 0 Å². The molecule has 0 amide bonds. The van der Waals surface area contributed by atoms with Crippen molar-refractivity contribution in [3.05, 3.63) is 29.8 Å². The van der Waals surface area contributed by atoms with Crippen molar-refractivity contribution >= 4 is 0 Å². The van der Waals surface area contributed by atoms with Crippen LogP contribution >= 0.6 is 0 Å². The molecule has 1 rings (SSSR count). The van der Waals surface area contributed by atoms with Crippen LogP contribution in [0.2, 0.25) is 0 Å². The summed E-state index contributed by atoms with van der Waals surface area (Å²) in [6.45, 7) is 6.51. The zero-order valence-electron chi connectivity index (χ0n) is 10.3. The van der Waals surface area contributed by atoms with Gasteiger partial charge >= 0.3 is 0 Å². The summed E-state index contributed by atoms with van der Waals surface area (Å²) in [5.74, 6) is 0.431. The number of phenolic OH excluding ortho intramolecular Hbond substituents is 1. The molecule has 1 nitrogen and oxygen atoms in total. The van der Waals surface area contributed by atoms with Gasteiger partial charge in [0.1, 0.15) is 5.75 Å². The van der Waals surface area contributed by atoms with E-state index in [0.717, 1.165) is 18.4 Å². The van der Waals surface area contributed by atoms with Gasteiger partial charge in [-0.1, -0.05) is 58.2 Å². The zero-order valence-corrected chi connectivity index (χ0v) is 10.3. The summed E-state index contributed by atoms with van der Waals surface area (Å²) in [4.78, 5) is 0. The normalized spacial score (nSPS) is 9.27.